The first kappa shape index (κ1) is 18.7. The lowest BCUT2D eigenvalue weighted by Crippen LogP contribution is -2.19. The predicted octanol–water partition coefficient (Wildman–Crippen LogP) is 3.76. The minimum absolute atomic E-state index is 0.177. The Balaban J connectivity index is 1.99. The Kier molecular flexibility index (Phi) is 7.04. The lowest BCUT2D eigenvalue weighted by atomic mass is 10.1. The maximum Gasteiger partial charge on any atom is 0.244 e. The maximum absolute atomic E-state index is 11.9. The number of nitrogens with one attached hydrogen (secondary N) is 1. The maximum atomic E-state index is 11.9. The van der Waals surface area contributed by atoms with Crippen LogP contribution in [0.5, 0.6) is 11.5 Å². The number of hydrogen-bond donors (Lipinski definition) is 1. The standard InChI is InChI=1S/C17H16BrIN2O3/c1-23-15-8-12(7-14(19)17(15)24-2)10-20-21-16(22)9-11-3-5-13(18)6-4-11/h3-8,10H,9H2,1-2H3,(H,21,22)/b20-10+. The van der Waals surface area contributed by atoms with Gasteiger partial charge in [-0.05, 0) is 58.0 Å². The van der Waals surface area contributed by atoms with Gasteiger partial charge in [-0.3, -0.25) is 4.79 Å². The van der Waals surface area contributed by atoms with Crippen LogP contribution in [0.4, 0.5) is 0 Å². The van der Waals surface area contributed by atoms with Gasteiger partial charge >= 0.3 is 0 Å². The van der Waals surface area contributed by atoms with Gasteiger partial charge in [-0.1, -0.05) is 28.1 Å². The van der Waals surface area contributed by atoms with Crippen LogP contribution in [0, 0.1) is 3.57 Å². The molecule has 0 unspecified atom stereocenters. The van der Waals surface area contributed by atoms with Gasteiger partial charge in [-0.15, -0.1) is 0 Å². The number of nitrogens with zero attached hydrogens (tertiary/aromatic N) is 1. The highest BCUT2D eigenvalue weighted by molar-refractivity contribution is 14.1. The second kappa shape index (κ2) is 9.03. The molecule has 126 valence electrons. The minimum atomic E-state index is -0.177. The summed E-state index contributed by atoms with van der Waals surface area (Å²) in [6, 6.07) is 11.3. The lowest BCUT2D eigenvalue weighted by Gasteiger charge is -2.10. The van der Waals surface area contributed by atoms with Crippen LogP contribution >= 0.6 is 38.5 Å². The molecule has 0 radical (unpaired) electrons. The van der Waals surface area contributed by atoms with Crippen LogP contribution in [-0.2, 0) is 11.2 Å². The molecule has 0 aliphatic rings. The number of carbonyl (C=O) groups is 1. The zero-order chi connectivity index (χ0) is 17.5. The Bertz CT molecular complexity index is 748. The van der Waals surface area contributed by atoms with Crippen LogP contribution in [0.3, 0.4) is 0 Å². The van der Waals surface area contributed by atoms with Crippen LogP contribution < -0.4 is 14.9 Å². The van der Waals surface area contributed by atoms with Crippen molar-refractivity contribution in [3.8, 4) is 11.5 Å². The molecule has 0 bridgehead atoms. The van der Waals surface area contributed by atoms with Gasteiger partial charge < -0.3 is 9.47 Å². The van der Waals surface area contributed by atoms with E-state index in [0.29, 0.717) is 11.5 Å². The molecule has 0 aliphatic carbocycles. The molecule has 0 aliphatic heterocycles. The summed E-state index contributed by atoms with van der Waals surface area (Å²) in [5.74, 6) is 1.12. The zero-order valence-electron chi connectivity index (χ0n) is 13.2. The van der Waals surface area contributed by atoms with Crippen LogP contribution in [0.2, 0.25) is 0 Å². The number of benzene rings is 2. The van der Waals surface area contributed by atoms with Crippen molar-refractivity contribution in [2.75, 3.05) is 14.2 Å². The molecule has 0 saturated carbocycles. The minimum Gasteiger partial charge on any atom is -0.493 e. The van der Waals surface area contributed by atoms with E-state index in [1.54, 1.807) is 26.5 Å². The molecule has 0 atom stereocenters. The smallest absolute Gasteiger partial charge is 0.244 e. The van der Waals surface area contributed by atoms with Crippen molar-refractivity contribution < 1.29 is 14.3 Å². The van der Waals surface area contributed by atoms with Crippen molar-refractivity contribution in [1.82, 2.24) is 5.43 Å². The molecular weight excluding hydrogens is 487 g/mol. The highest BCUT2D eigenvalue weighted by Crippen LogP contribution is 2.32. The highest BCUT2D eigenvalue weighted by Gasteiger charge is 2.09. The van der Waals surface area contributed by atoms with E-state index >= 15 is 0 Å². The number of halogens is 2. The van der Waals surface area contributed by atoms with Crippen LogP contribution in [-0.4, -0.2) is 26.3 Å². The van der Waals surface area contributed by atoms with Crippen molar-refractivity contribution in [1.29, 1.82) is 0 Å². The second-order valence-electron chi connectivity index (χ2n) is 4.83. The molecule has 0 saturated heterocycles. The number of ether oxygens (including phenoxy) is 2. The first-order valence-electron chi connectivity index (χ1n) is 7.01. The first-order chi connectivity index (χ1) is 11.5. The molecule has 1 N–H and O–H groups in total. The molecule has 0 spiro atoms. The lowest BCUT2D eigenvalue weighted by molar-refractivity contribution is -0.120. The molecule has 5 nitrogen and oxygen atoms in total. The summed E-state index contributed by atoms with van der Waals surface area (Å²) in [4.78, 5) is 11.9. The number of amides is 1. The third kappa shape index (κ3) is 5.20. The number of hydrazone groups is 1. The summed E-state index contributed by atoms with van der Waals surface area (Å²) in [5.41, 5.74) is 4.25. The Morgan fingerprint density at radius 3 is 2.58 bits per heavy atom. The summed E-state index contributed by atoms with van der Waals surface area (Å²) in [6.07, 6.45) is 1.84. The molecule has 0 fully saturated rings. The number of carbonyl (C=O) groups excluding carboxylic acids is 1. The SMILES string of the molecule is COc1cc(/C=N/NC(=O)Cc2ccc(Br)cc2)cc(I)c1OC. The summed E-state index contributed by atoms with van der Waals surface area (Å²) in [6.45, 7) is 0. The van der Waals surface area contributed by atoms with E-state index in [2.05, 4.69) is 49.0 Å². The molecule has 2 aromatic rings. The number of methoxy groups -OCH3 is 2. The van der Waals surface area contributed by atoms with E-state index in [1.165, 1.54) is 0 Å². The Morgan fingerprint density at radius 2 is 1.96 bits per heavy atom. The molecule has 2 aromatic carbocycles. The fourth-order valence-electron chi connectivity index (χ4n) is 2.02. The van der Waals surface area contributed by atoms with Crippen molar-refractivity contribution in [3.05, 3.63) is 55.6 Å². The number of hydrogen-bond acceptors (Lipinski definition) is 4. The zero-order valence-corrected chi connectivity index (χ0v) is 16.9. The number of rotatable bonds is 6. The van der Waals surface area contributed by atoms with E-state index in [-0.39, 0.29) is 12.3 Å². The molecule has 2 rings (SSSR count). The monoisotopic (exact) mass is 502 g/mol. The highest BCUT2D eigenvalue weighted by atomic mass is 127. The fraction of sp³-hybridized carbons (Fsp3) is 0.176. The van der Waals surface area contributed by atoms with Gasteiger partial charge in [0.05, 0.1) is 30.4 Å². The summed E-state index contributed by atoms with van der Waals surface area (Å²) in [7, 11) is 3.17. The normalized spacial score (nSPS) is 10.7. The molecule has 0 aromatic heterocycles. The van der Waals surface area contributed by atoms with Gasteiger partial charge in [0.2, 0.25) is 5.91 Å². The first-order valence-corrected chi connectivity index (χ1v) is 8.88. The molecule has 1 amide bonds. The second-order valence-corrected chi connectivity index (χ2v) is 6.91. The third-order valence-electron chi connectivity index (χ3n) is 3.14. The van der Waals surface area contributed by atoms with E-state index in [9.17, 15) is 4.79 Å². The van der Waals surface area contributed by atoms with Crippen molar-refractivity contribution in [2.24, 2.45) is 5.10 Å². The fourth-order valence-corrected chi connectivity index (χ4v) is 3.13. The van der Waals surface area contributed by atoms with E-state index in [0.717, 1.165) is 19.2 Å². The molecular formula is C17H16BrIN2O3. The van der Waals surface area contributed by atoms with Gasteiger partial charge in [-0.2, -0.15) is 5.10 Å². The average Bonchev–Trinajstić information content (AvgIpc) is 2.56. The summed E-state index contributed by atoms with van der Waals surface area (Å²) in [5, 5.41) is 3.99. The third-order valence-corrected chi connectivity index (χ3v) is 4.47. The van der Waals surface area contributed by atoms with Crippen LogP contribution in [0.15, 0.2) is 46.0 Å². The van der Waals surface area contributed by atoms with Crippen molar-refractivity contribution >= 4 is 50.6 Å². The van der Waals surface area contributed by atoms with E-state index < -0.39 is 0 Å². The largest absolute Gasteiger partial charge is 0.493 e. The van der Waals surface area contributed by atoms with Gasteiger partial charge in [0, 0.05) is 4.47 Å². The Morgan fingerprint density at radius 1 is 1.25 bits per heavy atom. The molecule has 7 heteroatoms. The Labute approximate surface area is 162 Å². The quantitative estimate of drug-likeness (QED) is 0.371. The van der Waals surface area contributed by atoms with E-state index in [1.807, 2.05) is 30.3 Å². The Hall–Kier alpha value is -1.61. The van der Waals surface area contributed by atoms with Gasteiger partial charge in [0.1, 0.15) is 0 Å². The van der Waals surface area contributed by atoms with Crippen LogP contribution in [0.25, 0.3) is 0 Å². The predicted molar refractivity (Wildman–Crippen MR) is 106 cm³/mol. The van der Waals surface area contributed by atoms with Gasteiger partial charge in [-0.25, -0.2) is 5.43 Å². The van der Waals surface area contributed by atoms with Crippen LogP contribution in [0.1, 0.15) is 11.1 Å². The van der Waals surface area contributed by atoms with E-state index in [4.69, 9.17) is 9.47 Å². The molecule has 0 heterocycles. The molecule has 24 heavy (non-hydrogen) atoms. The van der Waals surface area contributed by atoms with Gasteiger partial charge in [0.25, 0.3) is 0 Å². The van der Waals surface area contributed by atoms with Gasteiger partial charge in [0.15, 0.2) is 11.5 Å². The van der Waals surface area contributed by atoms with Crippen molar-refractivity contribution in [2.45, 2.75) is 6.42 Å². The summed E-state index contributed by atoms with van der Waals surface area (Å²) >= 11 is 5.52. The summed E-state index contributed by atoms with van der Waals surface area (Å²) < 4.78 is 12.5. The topological polar surface area (TPSA) is 59.9 Å². The van der Waals surface area contributed by atoms with Crippen molar-refractivity contribution in [3.63, 3.8) is 0 Å². The average molecular weight is 503 g/mol.